The fourth-order valence-corrected chi connectivity index (χ4v) is 3.95. The van der Waals surface area contributed by atoms with E-state index in [4.69, 9.17) is 0 Å². The largest absolute Gasteiger partial charge is 0.338 e. The summed E-state index contributed by atoms with van der Waals surface area (Å²) in [6, 6.07) is 7.62. The van der Waals surface area contributed by atoms with Crippen molar-refractivity contribution in [3.05, 3.63) is 54.4 Å². The summed E-state index contributed by atoms with van der Waals surface area (Å²) in [5.41, 5.74) is 2.71. The predicted molar refractivity (Wildman–Crippen MR) is 102 cm³/mol. The number of likely N-dealkylation sites (tertiary alicyclic amines) is 1. The monoisotopic (exact) mass is 377 g/mol. The first kappa shape index (κ1) is 17.1. The van der Waals surface area contributed by atoms with Gasteiger partial charge in [0.2, 0.25) is 0 Å². The van der Waals surface area contributed by atoms with E-state index in [2.05, 4.69) is 26.7 Å². The minimum atomic E-state index is 0.0804. The Labute approximate surface area is 163 Å². The molecule has 1 saturated heterocycles. The number of aromatic nitrogens is 6. The average molecular weight is 377 g/mol. The number of piperidine rings is 1. The van der Waals surface area contributed by atoms with Crippen LogP contribution in [0.5, 0.6) is 0 Å². The van der Waals surface area contributed by atoms with Crippen molar-refractivity contribution in [2.75, 3.05) is 13.1 Å². The maximum absolute atomic E-state index is 13.1. The molecule has 28 heavy (non-hydrogen) atoms. The standard InChI is InChI=1S/C20H23N7O/c28-20(17-4-1-5-18(9-17)26-13-21-22-14-26)25-8-2-3-15(10-25)11-27-12-19(23-24-27)16-6-7-16/h1,4-5,9,12-16H,2-3,6-8,10-11H2. The molecule has 3 heterocycles. The lowest BCUT2D eigenvalue weighted by molar-refractivity contribution is 0.0659. The first-order valence-electron chi connectivity index (χ1n) is 9.90. The molecule has 1 aromatic carbocycles. The molecule has 1 aliphatic heterocycles. The van der Waals surface area contributed by atoms with Gasteiger partial charge >= 0.3 is 0 Å². The summed E-state index contributed by atoms with van der Waals surface area (Å²) in [5.74, 6) is 1.11. The van der Waals surface area contributed by atoms with Crippen LogP contribution in [0.1, 0.15) is 47.7 Å². The molecular weight excluding hydrogens is 354 g/mol. The number of hydrogen-bond donors (Lipinski definition) is 0. The predicted octanol–water partition coefficient (Wildman–Crippen LogP) is 2.29. The fourth-order valence-electron chi connectivity index (χ4n) is 3.95. The van der Waals surface area contributed by atoms with Crippen LogP contribution < -0.4 is 0 Å². The van der Waals surface area contributed by atoms with Gasteiger partial charge in [0.15, 0.2) is 0 Å². The zero-order valence-corrected chi connectivity index (χ0v) is 15.7. The van der Waals surface area contributed by atoms with E-state index in [0.717, 1.165) is 43.9 Å². The van der Waals surface area contributed by atoms with Crippen LogP contribution in [0, 0.1) is 5.92 Å². The second-order valence-electron chi connectivity index (χ2n) is 7.82. The van der Waals surface area contributed by atoms with Crippen LogP contribution in [-0.4, -0.2) is 53.7 Å². The average Bonchev–Trinajstić information content (AvgIpc) is 3.23. The third-order valence-corrected chi connectivity index (χ3v) is 5.61. The van der Waals surface area contributed by atoms with E-state index >= 15 is 0 Å². The van der Waals surface area contributed by atoms with Gasteiger partial charge in [-0.3, -0.25) is 14.0 Å². The zero-order valence-electron chi connectivity index (χ0n) is 15.7. The van der Waals surface area contributed by atoms with Crippen molar-refractivity contribution < 1.29 is 4.79 Å². The zero-order chi connectivity index (χ0) is 18.9. The molecule has 8 heteroatoms. The molecule has 1 aliphatic carbocycles. The van der Waals surface area contributed by atoms with Gasteiger partial charge in [-0.05, 0) is 49.8 Å². The molecule has 2 aliphatic rings. The third-order valence-electron chi connectivity index (χ3n) is 5.61. The van der Waals surface area contributed by atoms with E-state index in [0.29, 0.717) is 17.4 Å². The Hall–Kier alpha value is -3.03. The molecule has 2 aromatic heterocycles. The summed E-state index contributed by atoms with van der Waals surface area (Å²) in [5, 5.41) is 16.3. The van der Waals surface area contributed by atoms with Crippen LogP contribution >= 0.6 is 0 Å². The van der Waals surface area contributed by atoms with Crippen molar-refractivity contribution in [2.45, 2.75) is 38.1 Å². The number of rotatable bonds is 5. The Bertz CT molecular complexity index is 961. The van der Waals surface area contributed by atoms with Crippen LogP contribution in [0.15, 0.2) is 43.1 Å². The van der Waals surface area contributed by atoms with E-state index in [1.165, 1.54) is 12.8 Å². The Kier molecular flexibility index (Phi) is 4.38. The van der Waals surface area contributed by atoms with E-state index < -0.39 is 0 Å². The summed E-state index contributed by atoms with van der Waals surface area (Å²) in [6.45, 7) is 2.38. The van der Waals surface area contributed by atoms with Gasteiger partial charge < -0.3 is 4.90 Å². The fraction of sp³-hybridized carbons (Fsp3) is 0.450. The molecule has 5 rings (SSSR count). The molecule has 0 radical (unpaired) electrons. The molecule has 1 unspecified atom stereocenters. The third kappa shape index (κ3) is 3.54. The molecule has 8 nitrogen and oxygen atoms in total. The number of carbonyl (C=O) groups excluding carboxylic acids is 1. The lowest BCUT2D eigenvalue weighted by atomic mass is 9.97. The van der Waals surface area contributed by atoms with E-state index in [1.54, 1.807) is 17.2 Å². The molecule has 144 valence electrons. The Morgan fingerprint density at radius 2 is 2.00 bits per heavy atom. The molecule has 0 N–H and O–H groups in total. The smallest absolute Gasteiger partial charge is 0.253 e. The number of amides is 1. The summed E-state index contributed by atoms with van der Waals surface area (Å²) in [4.78, 5) is 15.0. The topological polar surface area (TPSA) is 81.7 Å². The highest BCUT2D eigenvalue weighted by atomic mass is 16.2. The van der Waals surface area contributed by atoms with Gasteiger partial charge in [0.25, 0.3) is 5.91 Å². The Morgan fingerprint density at radius 1 is 1.14 bits per heavy atom. The van der Waals surface area contributed by atoms with Crippen molar-refractivity contribution in [2.24, 2.45) is 5.92 Å². The Balaban J connectivity index is 1.26. The van der Waals surface area contributed by atoms with Gasteiger partial charge in [-0.2, -0.15) is 0 Å². The maximum Gasteiger partial charge on any atom is 0.253 e. The van der Waals surface area contributed by atoms with E-state index in [1.807, 2.05) is 33.8 Å². The van der Waals surface area contributed by atoms with E-state index in [-0.39, 0.29) is 5.91 Å². The summed E-state index contributed by atoms with van der Waals surface area (Å²) in [7, 11) is 0. The number of hydrogen-bond acceptors (Lipinski definition) is 5. The molecule has 1 saturated carbocycles. The van der Waals surface area contributed by atoms with Crippen molar-refractivity contribution in [3.63, 3.8) is 0 Å². The summed E-state index contributed by atoms with van der Waals surface area (Å²) in [6.07, 6.45) is 9.95. The normalized spacial score (nSPS) is 19.7. The second-order valence-corrected chi connectivity index (χ2v) is 7.82. The SMILES string of the molecule is O=C(c1cccc(-n2cnnc2)c1)N1CCCC(Cn2cc(C3CC3)nn2)C1. The molecule has 3 aromatic rings. The lowest BCUT2D eigenvalue weighted by Crippen LogP contribution is -2.41. The molecule has 1 atom stereocenters. The van der Waals surface area contributed by atoms with Crippen molar-refractivity contribution in [1.29, 1.82) is 0 Å². The van der Waals surface area contributed by atoms with Crippen LogP contribution in [0.2, 0.25) is 0 Å². The molecule has 2 fully saturated rings. The van der Waals surface area contributed by atoms with Gasteiger partial charge in [0, 0.05) is 43.0 Å². The van der Waals surface area contributed by atoms with Crippen LogP contribution in [-0.2, 0) is 6.54 Å². The first-order valence-corrected chi connectivity index (χ1v) is 9.90. The number of benzene rings is 1. The van der Waals surface area contributed by atoms with Crippen LogP contribution in [0.25, 0.3) is 5.69 Å². The number of nitrogens with zero attached hydrogens (tertiary/aromatic N) is 7. The Morgan fingerprint density at radius 3 is 2.82 bits per heavy atom. The molecule has 0 bridgehead atoms. The summed E-state index contributed by atoms with van der Waals surface area (Å²) < 4.78 is 3.76. The lowest BCUT2D eigenvalue weighted by Gasteiger charge is -2.32. The van der Waals surface area contributed by atoms with Crippen molar-refractivity contribution in [3.8, 4) is 5.69 Å². The highest BCUT2D eigenvalue weighted by molar-refractivity contribution is 5.94. The minimum absolute atomic E-state index is 0.0804. The minimum Gasteiger partial charge on any atom is -0.338 e. The van der Waals surface area contributed by atoms with Gasteiger partial charge in [-0.15, -0.1) is 15.3 Å². The van der Waals surface area contributed by atoms with Gasteiger partial charge in [0.05, 0.1) is 5.69 Å². The van der Waals surface area contributed by atoms with Crippen LogP contribution in [0.3, 0.4) is 0 Å². The second kappa shape index (κ2) is 7.18. The summed E-state index contributed by atoms with van der Waals surface area (Å²) >= 11 is 0. The first-order chi connectivity index (χ1) is 13.8. The number of carbonyl (C=O) groups is 1. The molecule has 0 spiro atoms. The maximum atomic E-state index is 13.1. The highest BCUT2D eigenvalue weighted by Crippen LogP contribution is 2.38. The van der Waals surface area contributed by atoms with Crippen molar-refractivity contribution in [1.82, 2.24) is 34.7 Å². The van der Waals surface area contributed by atoms with Crippen LogP contribution in [0.4, 0.5) is 0 Å². The molecule has 1 amide bonds. The highest BCUT2D eigenvalue weighted by Gasteiger charge is 2.28. The van der Waals surface area contributed by atoms with Gasteiger partial charge in [-0.1, -0.05) is 11.3 Å². The quantitative estimate of drug-likeness (QED) is 0.681. The van der Waals surface area contributed by atoms with Crippen molar-refractivity contribution >= 4 is 5.91 Å². The van der Waals surface area contributed by atoms with Gasteiger partial charge in [0.1, 0.15) is 12.7 Å². The molecular formula is C20H23N7O. The van der Waals surface area contributed by atoms with Gasteiger partial charge in [-0.25, -0.2) is 0 Å². The van der Waals surface area contributed by atoms with E-state index in [9.17, 15) is 4.79 Å².